The maximum Gasteiger partial charge on any atom is 0.337 e. The van der Waals surface area contributed by atoms with Crippen molar-refractivity contribution in [3.05, 3.63) is 81.9 Å². The van der Waals surface area contributed by atoms with Gasteiger partial charge < -0.3 is 14.7 Å². The van der Waals surface area contributed by atoms with Crippen LogP contribution in [-0.2, 0) is 29.0 Å². The Labute approximate surface area is 255 Å². The third-order valence-corrected chi connectivity index (χ3v) is 8.91. The van der Waals surface area contributed by atoms with E-state index in [0.29, 0.717) is 17.8 Å². The van der Waals surface area contributed by atoms with E-state index in [0.717, 1.165) is 73.5 Å². The van der Waals surface area contributed by atoms with Gasteiger partial charge in [-0.15, -0.1) is 0 Å². The van der Waals surface area contributed by atoms with Gasteiger partial charge in [-0.25, -0.2) is 9.18 Å². The van der Waals surface area contributed by atoms with E-state index in [-0.39, 0.29) is 11.2 Å². The number of aliphatic carboxylic acids is 1. The number of ether oxygens (including phenoxy) is 1. The van der Waals surface area contributed by atoms with Crippen molar-refractivity contribution in [3.8, 4) is 11.1 Å². The molecule has 2 aliphatic heterocycles. The summed E-state index contributed by atoms with van der Waals surface area (Å²) in [7, 11) is 0. The zero-order chi connectivity index (χ0) is 31.1. The molecule has 0 radical (unpaired) electrons. The summed E-state index contributed by atoms with van der Waals surface area (Å²) < 4.78 is 20.6. The molecule has 1 fully saturated rings. The highest BCUT2D eigenvalue weighted by atomic mass is 19.1. The lowest BCUT2D eigenvalue weighted by molar-refractivity contribution is -0.160. The first kappa shape index (κ1) is 31.1. The Bertz CT molecular complexity index is 1500. The van der Waals surface area contributed by atoms with Gasteiger partial charge in [-0.05, 0) is 82.1 Å². The molecule has 0 saturated carbocycles. The van der Waals surface area contributed by atoms with Crippen LogP contribution in [0.25, 0.3) is 11.1 Å². The number of hydrogen-bond acceptors (Lipinski definition) is 5. The molecule has 1 aromatic heterocycles. The molecule has 2 aromatic carbocycles. The molecule has 1 saturated heterocycles. The Hall–Kier alpha value is -3.29. The zero-order valence-electron chi connectivity index (χ0n) is 26.8. The summed E-state index contributed by atoms with van der Waals surface area (Å²) >= 11 is 0. The van der Waals surface area contributed by atoms with Crippen LogP contribution in [0.4, 0.5) is 10.1 Å². The van der Waals surface area contributed by atoms with Gasteiger partial charge in [-0.2, -0.15) is 0 Å². The monoisotopic (exact) mass is 587 g/mol. The highest BCUT2D eigenvalue weighted by Crippen LogP contribution is 2.45. The summed E-state index contributed by atoms with van der Waals surface area (Å²) in [6, 6.07) is 13.6. The molecule has 6 nitrogen and oxygen atoms in total. The van der Waals surface area contributed by atoms with E-state index in [9.17, 15) is 14.3 Å². The van der Waals surface area contributed by atoms with Gasteiger partial charge in [0, 0.05) is 60.8 Å². The molecule has 7 heteroatoms. The summed E-state index contributed by atoms with van der Waals surface area (Å²) in [6.45, 7) is 18.1. The van der Waals surface area contributed by atoms with Crippen molar-refractivity contribution in [2.45, 2.75) is 92.5 Å². The van der Waals surface area contributed by atoms with Gasteiger partial charge in [-0.3, -0.25) is 9.88 Å². The topological polar surface area (TPSA) is 65.9 Å². The SMILES string of the molecule is Cc1nc(C)c(C(OC(C)(C)C)C(=O)O)c(N2CCC(C)(C)CC2)c1-c1ccc2c(c1)CCN(Cc1ccccc1F)C2. The number of aryl methyl sites for hydroxylation is 2. The van der Waals surface area contributed by atoms with Crippen LogP contribution < -0.4 is 4.90 Å². The fourth-order valence-electron chi connectivity index (χ4n) is 6.52. The van der Waals surface area contributed by atoms with E-state index in [2.05, 4.69) is 41.8 Å². The standard InChI is InChI=1S/C36H46FN3O3/c1-23-30(26-12-13-27-21-39(17-14-25(27)20-26)22-28-10-8-9-11-29(28)37)32(40-18-15-36(6,7)16-19-40)31(24(2)38-23)33(34(41)42)43-35(3,4)5/h8-13,20,33H,14-19,21-22H2,1-7H3,(H,41,42). The number of hydrogen-bond donors (Lipinski definition) is 1. The average molecular weight is 588 g/mol. The summed E-state index contributed by atoms with van der Waals surface area (Å²) in [5, 5.41) is 10.5. The number of halogens is 1. The first-order valence-corrected chi connectivity index (χ1v) is 15.5. The molecule has 3 heterocycles. The Morgan fingerprint density at radius 3 is 2.40 bits per heavy atom. The highest BCUT2D eigenvalue weighted by Gasteiger charge is 2.36. The van der Waals surface area contributed by atoms with Crippen LogP contribution in [0, 0.1) is 25.1 Å². The third-order valence-electron chi connectivity index (χ3n) is 8.91. The van der Waals surface area contributed by atoms with E-state index in [4.69, 9.17) is 9.72 Å². The van der Waals surface area contributed by atoms with Crippen LogP contribution >= 0.6 is 0 Å². The highest BCUT2D eigenvalue weighted by molar-refractivity contribution is 5.88. The summed E-state index contributed by atoms with van der Waals surface area (Å²) in [4.78, 5) is 22.4. The molecule has 0 aliphatic carbocycles. The molecule has 5 rings (SSSR count). The zero-order valence-corrected chi connectivity index (χ0v) is 26.8. The predicted octanol–water partition coefficient (Wildman–Crippen LogP) is 7.63. The Morgan fingerprint density at radius 2 is 1.74 bits per heavy atom. The fourth-order valence-corrected chi connectivity index (χ4v) is 6.52. The number of carboxylic acids is 1. The maximum atomic E-state index is 14.3. The van der Waals surface area contributed by atoms with Crippen LogP contribution in [0.1, 0.15) is 87.2 Å². The molecule has 0 bridgehead atoms. The number of aromatic nitrogens is 1. The predicted molar refractivity (Wildman–Crippen MR) is 170 cm³/mol. The largest absolute Gasteiger partial charge is 0.479 e. The van der Waals surface area contributed by atoms with Gasteiger partial charge in [-0.1, -0.05) is 50.2 Å². The van der Waals surface area contributed by atoms with Crippen molar-refractivity contribution >= 4 is 11.7 Å². The second-order valence-electron chi connectivity index (χ2n) is 14.1. The molecular weight excluding hydrogens is 541 g/mol. The van der Waals surface area contributed by atoms with Gasteiger partial charge in [0.05, 0.1) is 11.3 Å². The van der Waals surface area contributed by atoms with Crippen LogP contribution in [0.15, 0.2) is 42.5 Å². The minimum absolute atomic E-state index is 0.162. The molecule has 0 amide bonds. The van der Waals surface area contributed by atoms with Crippen LogP contribution in [0.2, 0.25) is 0 Å². The molecule has 1 N–H and O–H groups in total. The van der Waals surface area contributed by atoms with Crippen molar-refractivity contribution in [2.24, 2.45) is 5.41 Å². The average Bonchev–Trinajstić information content (AvgIpc) is 2.92. The smallest absolute Gasteiger partial charge is 0.337 e. The van der Waals surface area contributed by atoms with Gasteiger partial charge >= 0.3 is 5.97 Å². The number of fused-ring (bicyclic) bond motifs is 1. The lowest BCUT2D eigenvalue weighted by Crippen LogP contribution is -2.39. The Balaban J connectivity index is 1.57. The van der Waals surface area contributed by atoms with Crippen molar-refractivity contribution in [1.82, 2.24) is 9.88 Å². The van der Waals surface area contributed by atoms with Crippen molar-refractivity contribution in [3.63, 3.8) is 0 Å². The van der Waals surface area contributed by atoms with Gasteiger partial charge in [0.15, 0.2) is 6.10 Å². The second kappa shape index (κ2) is 12.0. The minimum atomic E-state index is -1.14. The number of nitrogens with zero attached hydrogens (tertiary/aromatic N) is 3. The van der Waals surface area contributed by atoms with E-state index < -0.39 is 17.7 Å². The van der Waals surface area contributed by atoms with E-state index in [1.807, 2.05) is 46.8 Å². The number of piperidine rings is 1. The molecule has 1 atom stereocenters. The first-order chi connectivity index (χ1) is 20.2. The van der Waals surface area contributed by atoms with Crippen LogP contribution in [-0.4, -0.2) is 46.2 Å². The number of rotatable bonds is 7. The molecule has 43 heavy (non-hydrogen) atoms. The van der Waals surface area contributed by atoms with Crippen molar-refractivity contribution < 1.29 is 19.0 Å². The maximum absolute atomic E-state index is 14.3. The first-order valence-electron chi connectivity index (χ1n) is 15.5. The molecule has 1 unspecified atom stereocenters. The molecular formula is C36H46FN3O3. The van der Waals surface area contributed by atoms with Gasteiger partial charge in [0.25, 0.3) is 0 Å². The summed E-state index contributed by atoms with van der Waals surface area (Å²) in [5.41, 5.74) is 8.03. The quantitative estimate of drug-likeness (QED) is 0.307. The van der Waals surface area contributed by atoms with Crippen molar-refractivity contribution in [1.29, 1.82) is 0 Å². The molecule has 2 aliphatic rings. The normalized spacial score (nSPS) is 17.9. The number of anilines is 1. The number of pyridine rings is 1. The van der Waals surface area contributed by atoms with E-state index in [1.54, 1.807) is 6.07 Å². The van der Waals surface area contributed by atoms with Crippen LogP contribution in [0.5, 0.6) is 0 Å². The Morgan fingerprint density at radius 1 is 1.05 bits per heavy atom. The number of benzene rings is 2. The molecule has 0 spiro atoms. The second-order valence-corrected chi connectivity index (χ2v) is 14.1. The fraction of sp³-hybridized carbons (Fsp3) is 0.500. The molecule has 3 aromatic rings. The number of carboxylic acid groups (broad SMARTS) is 1. The van der Waals surface area contributed by atoms with Gasteiger partial charge in [0.2, 0.25) is 0 Å². The summed E-state index contributed by atoms with van der Waals surface area (Å²) in [5.74, 6) is -1.17. The van der Waals surface area contributed by atoms with Crippen LogP contribution in [0.3, 0.4) is 0 Å². The summed E-state index contributed by atoms with van der Waals surface area (Å²) in [6.07, 6.45) is 1.76. The molecule has 230 valence electrons. The van der Waals surface area contributed by atoms with Crippen molar-refractivity contribution in [2.75, 3.05) is 24.5 Å². The third kappa shape index (κ3) is 6.94. The minimum Gasteiger partial charge on any atom is -0.479 e. The van der Waals surface area contributed by atoms with E-state index in [1.165, 1.54) is 17.2 Å². The van der Waals surface area contributed by atoms with Gasteiger partial charge in [0.1, 0.15) is 5.82 Å². The Kier molecular flexibility index (Phi) is 8.70. The number of carbonyl (C=O) groups is 1. The lowest BCUT2D eigenvalue weighted by Gasteiger charge is -2.41. The lowest BCUT2D eigenvalue weighted by atomic mass is 9.81. The van der Waals surface area contributed by atoms with E-state index >= 15 is 0 Å².